The predicted octanol–water partition coefficient (Wildman–Crippen LogP) is 4.10. The van der Waals surface area contributed by atoms with Crippen LogP contribution in [0.5, 0.6) is 0 Å². The first-order valence-corrected chi connectivity index (χ1v) is 8.06. The summed E-state index contributed by atoms with van der Waals surface area (Å²) >= 11 is 0. The normalized spacial score (nSPS) is 12.6. The molecule has 114 valence electrons. The first kappa shape index (κ1) is 15.8. The summed E-state index contributed by atoms with van der Waals surface area (Å²) in [7, 11) is 0. The highest BCUT2D eigenvalue weighted by atomic mass is 15.2. The maximum atomic E-state index is 5.95. The molecule has 0 aliphatic heterocycles. The third-order valence-electron chi connectivity index (χ3n) is 4.18. The van der Waals surface area contributed by atoms with Crippen LogP contribution < -0.4 is 10.6 Å². The zero-order valence-electron chi connectivity index (χ0n) is 13.5. The van der Waals surface area contributed by atoms with E-state index in [9.17, 15) is 0 Å². The van der Waals surface area contributed by atoms with Crippen LogP contribution in [-0.2, 0) is 6.54 Å². The van der Waals surface area contributed by atoms with E-state index in [1.807, 2.05) is 12.1 Å². The predicted molar refractivity (Wildman–Crippen MR) is 91.6 cm³/mol. The largest absolute Gasteiger partial charge is 0.354 e. The van der Waals surface area contributed by atoms with Crippen molar-refractivity contribution in [2.75, 3.05) is 11.4 Å². The minimum Gasteiger partial charge on any atom is -0.354 e. The van der Waals surface area contributed by atoms with Gasteiger partial charge in [-0.15, -0.1) is 0 Å². The molecule has 0 saturated heterocycles. The summed E-state index contributed by atoms with van der Waals surface area (Å²) in [4.78, 5) is 7.30. The Morgan fingerprint density at radius 2 is 2.00 bits per heavy atom. The zero-order valence-corrected chi connectivity index (χ0v) is 13.5. The van der Waals surface area contributed by atoms with Gasteiger partial charge in [-0.2, -0.15) is 0 Å². The Morgan fingerprint density at radius 1 is 1.24 bits per heavy atom. The number of para-hydroxylation sites is 1. The summed E-state index contributed by atoms with van der Waals surface area (Å²) < 4.78 is 0. The summed E-state index contributed by atoms with van der Waals surface area (Å²) in [5.41, 5.74) is 8.17. The Bertz CT molecular complexity index is 580. The molecule has 21 heavy (non-hydrogen) atoms. The van der Waals surface area contributed by atoms with E-state index in [0.717, 1.165) is 24.3 Å². The molecule has 1 unspecified atom stereocenters. The topological polar surface area (TPSA) is 42.1 Å². The second kappa shape index (κ2) is 7.41. The summed E-state index contributed by atoms with van der Waals surface area (Å²) in [6, 6.07) is 10.9. The second-order valence-corrected chi connectivity index (χ2v) is 5.67. The van der Waals surface area contributed by atoms with Gasteiger partial charge >= 0.3 is 0 Å². The molecule has 1 aromatic heterocycles. The molecule has 3 heteroatoms. The number of nitrogens with two attached hydrogens (primary N) is 1. The lowest BCUT2D eigenvalue weighted by Crippen LogP contribution is -2.34. The van der Waals surface area contributed by atoms with Crippen molar-refractivity contribution in [3.63, 3.8) is 0 Å². The van der Waals surface area contributed by atoms with E-state index in [1.165, 1.54) is 23.8 Å². The van der Waals surface area contributed by atoms with E-state index in [-0.39, 0.29) is 0 Å². The van der Waals surface area contributed by atoms with E-state index in [4.69, 9.17) is 10.7 Å². The maximum absolute atomic E-state index is 5.95. The smallest absolute Gasteiger partial charge is 0.129 e. The Hall–Kier alpha value is -1.61. The van der Waals surface area contributed by atoms with Crippen molar-refractivity contribution in [2.45, 2.75) is 52.6 Å². The molecule has 0 radical (unpaired) electrons. The lowest BCUT2D eigenvalue weighted by Gasteiger charge is -2.30. The van der Waals surface area contributed by atoms with Gasteiger partial charge in [0.15, 0.2) is 0 Å². The highest BCUT2D eigenvalue weighted by Crippen LogP contribution is 2.25. The molecule has 1 atom stereocenters. The Kier molecular flexibility index (Phi) is 5.57. The van der Waals surface area contributed by atoms with E-state index in [0.29, 0.717) is 12.6 Å². The molecule has 2 N–H and O–H groups in total. The summed E-state index contributed by atoms with van der Waals surface area (Å²) in [6.45, 7) is 8.34. The van der Waals surface area contributed by atoms with E-state index in [1.54, 1.807) is 0 Å². The molecular formula is C18H27N3. The zero-order chi connectivity index (χ0) is 15.2. The molecule has 0 fully saturated rings. The van der Waals surface area contributed by atoms with Gasteiger partial charge < -0.3 is 10.6 Å². The van der Waals surface area contributed by atoms with Crippen LogP contribution in [0, 0.1) is 0 Å². The number of anilines is 1. The van der Waals surface area contributed by atoms with Gasteiger partial charge in [-0.25, -0.2) is 4.98 Å². The van der Waals surface area contributed by atoms with Gasteiger partial charge in [0.25, 0.3) is 0 Å². The number of nitrogens with zero attached hydrogens (tertiary/aromatic N) is 2. The molecule has 1 aromatic carbocycles. The fraction of sp³-hybridized carbons (Fsp3) is 0.500. The molecular weight excluding hydrogens is 258 g/mol. The molecule has 2 aromatic rings. The van der Waals surface area contributed by atoms with Gasteiger partial charge in [0.1, 0.15) is 5.82 Å². The molecule has 0 aliphatic carbocycles. The van der Waals surface area contributed by atoms with Crippen molar-refractivity contribution in [1.82, 2.24) is 4.98 Å². The molecule has 0 spiro atoms. The Labute approximate surface area is 128 Å². The lowest BCUT2D eigenvalue weighted by molar-refractivity contribution is 0.590. The number of rotatable bonds is 7. The Morgan fingerprint density at radius 3 is 2.67 bits per heavy atom. The van der Waals surface area contributed by atoms with Crippen molar-refractivity contribution in [3.05, 3.63) is 35.9 Å². The summed E-state index contributed by atoms with van der Waals surface area (Å²) in [6.07, 6.45) is 3.51. The second-order valence-electron chi connectivity index (χ2n) is 5.67. The van der Waals surface area contributed by atoms with Crippen molar-refractivity contribution >= 4 is 16.7 Å². The number of hydrogen-bond donors (Lipinski definition) is 1. The maximum Gasteiger partial charge on any atom is 0.129 e. The van der Waals surface area contributed by atoms with Crippen molar-refractivity contribution in [1.29, 1.82) is 0 Å². The molecule has 2 rings (SSSR count). The van der Waals surface area contributed by atoms with E-state index >= 15 is 0 Å². The number of pyridine rings is 1. The highest BCUT2D eigenvalue weighted by molar-refractivity contribution is 5.84. The SMILES string of the molecule is CCCCN(c1cc(CN)c2ccccc2n1)C(C)CC. The standard InChI is InChI=1S/C18H27N3/c1-4-6-11-21(14(3)5-2)18-12-15(13-19)16-9-7-8-10-17(16)20-18/h7-10,12,14H,4-6,11,13,19H2,1-3H3. The lowest BCUT2D eigenvalue weighted by atomic mass is 10.1. The fourth-order valence-electron chi connectivity index (χ4n) is 2.66. The first-order valence-electron chi connectivity index (χ1n) is 8.06. The average molecular weight is 285 g/mol. The number of unbranched alkanes of at least 4 members (excludes halogenated alkanes) is 1. The average Bonchev–Trinajstić information content (AvgIpc) is 2.54. The summed E-state index contributed by atoms with van der Waals surface area (Å²) in [5.74, 6) is 1.07. The molecule has 0 saturated carbocycles. The van der Waals surface area contributed by atoms with Gasteiger partial charge in [-0.1, -0.05) is 38.5 Å². The quantitative estimate of drug-likeness (QED) is 0.833. The molecule has 0 amide bonds. The van der Waals surface area contributed by atoms with Crippen molar-refractivity contribution < 1.29 is 0 Å². The van der Waals surface area contributed by atoms with Crippen LogP contribution in [-0.4, -0.2) is 17.6 Å². The highest BCUT2D eigenvalue weighted by Gasteiger charge is 2.15. The van der Waals surface area contributed by atoms with Gasteiger partial charge in [-0.3, -0.25) is 0 Å². The van der Waals surface area contributed by atoms with Crippen LogP contribution >= 0.6 is 0 Å². The van der Waals surface area contributed by atoms with Crippen LogP contribution in [0.15, 0.2) is 30.3 Å². The third-order valence-corrected chi connectivity index (χ3v) is 4.18. The fourth-order valence-corrected chi connectivity index (χ4v) is 2.66. The minimum absolute atomic E-state index is 0.496. The van der Waals surface area contributed by atoms with Crippen LogP contribution in [0.2, 0.25) is 0 Å². The minimum atomic E-state index is 0.496. The third kappa shape index (κ3) is 3.53. The molecule has 3 nitrogen and oxygen atoms in total. The first-order chi connectivity index (χ1) is 10.2. The molecule has 0 bridgehead atoms. The van der Waals surface area contributed by atoms with Gasteiger partial charge in [0, 0.05) is 24.5 Å². The van der Waals surface area contributed by atoms with Crippen LogP contribution in [0.3, 0.4) is 0 Å². The van der Waals surface area contributed by atoms with Gasteiger partial charge in [-0.05, 0) is 37.5 Å². The summed E-state index contributed by atoms with van der Waals surface area (Å²) in [5, 5.41) is 1.17. The number of benzene rings is 1. The van der Waals surface area contributed by atoms with E-state index < -0.39 is 0 Å². The number of hydrogen-bond acceptors (Lipinski definition) is 3. The van der Waals surface area contributed by atoms with Crippen molar-refractivity contribution in [2.24, 2.45) is 5.73 Å². The number of aromatic nitrogens is 1. The molecule has 0 aliphatic rings. The van der Waals surface area contributed by atoms with Crippen LogP contribution in [0.25, 0.3) is 10.9 Å². The van der Waals surface area contributed by atoms with Gasteiger partial charge in [0.05, 0.1) is 5.52 Å². The number of fused-ring (bicyclic) bond motifs is 1. The van der Waals surface area contributed by atoms with Crippen molar-refractivity contribution in [3.8, 4) is 0 Å². The van der Waals surface area contributed by atoms with Crippen LogP contribution in [0.1, 0.15) is 45.6 Å². The molecule has 1 heterocycles. The monoisotopic (exact) mass is 285 g/mol. The van der Waals surface area contributed by atoms with Crippen LogP contribution in [0.4, 0.5) is 5.82 Å². The Balaban J connectivity index is 2.46. The van der Waals surface area contributed by atoms with E-state index in [2.05, 4.69) is 43.9 Å². The van der Waals surface area contributed by atoms with Gasteiger partial charge in [0.2, 0.25) is 0 Å².